The molecule has 0 unspecified atom stereocenters. The summed E-state index contributed by atoms with van der Waals surface area (Å²) in [6, 6.07) is 22.9. The number of carbonyl (C=O) groups excluding carboxylic acids is 1. The predicted octanol–water partition coefficient (Wildman–Crippen LogP) is 5.58. The molecule has 1 heterocycles. The number of benzene rings is 3. The number of para-hydroxylation sites is 1. The lowest BCUT2D eigenvalue weighted by Gasteiger charge is -2.13. The van der Waals surface area contributed by atoms with E-state index >= 15 is 0 Å². The Balaban J connectivity index is 1.43. The van der Waals surface area contributed by atoms with Crippen molar-refractivity contribution in [2.24, 2.45) is 0 Å². The highest BCUT2D eigenvalue weighted by molar-refractivity contribution is 8.27. The maximum absolute atomic E-state index is 12.8. The number of carbonyl (C=O) groups is 1. The first-order valence-electron chi connectivity index (χ1n) is 9.30. The molecule has 0 atom stereocenters. The Bertz CT molecular complexity index is 1180. The molecule has 0 N–H and O–H groups in total. The van der Waals surface area contributed by atoms with E-state index in [1.165, 1.54) is 28.8 Å². The molecule has 4 rings (SSSR count). The van der Waals surface area contributed by atoms with Crippen molar-refractivity contribution in [1.82, 2.24) is 0 Å². The zero-order valence-corrected chi connectivity index (χ0v) is 17.8. The third-order valence-corrected chi connectivity index (χ3v) is 5.82. The zero-order valence-electron chi connectivity index (χ0n) is 16.1. The van der Waals surface area contributed by atoms with Crippen LogP contribution >= 0.6 is 24.0 Å². The van der Waals surface area contributed by atoms with Crippen molar-refractivity contribution >= 4 is 51.7 Å². The molecule has 31 heavy (non-hydrogen) atoms. The summed E-state index contributed by atoms with van der Waals surface area (Å²) in [5.74, 6) is 0.479. The van der Waals surface area contributed by atoms with E-state index < -0.39 is 4.92 Å². The molecule has 1 fully saturated rings. The van der Waals surface area contributed by atoms with Crippen LogP contribution in [0.25, 0.3) is 6.08 Å². The van der Waals surface area contributed by atoms with Crippen LogP contribution < -0.4 is 9.64 Å². The van der Waals surface area contributed by atoms with E-state index in [-0.39, 0.29) is 18.2 Å². The average Bonchev–Trinajstić information content (AvgIpc) is 3.06. The van der Waals surface area contributed by atoms with Crippen molar-refractivity contribution < 1.29 is 14.5 Å². The van der Waals surface area contributed by atoms with Gasteiger partial charge < -0.3 is 4.74 Å². The Morgan fingerprint density at radius 1 is 1.03 bits per heavy atom. The predicted molar refractivity (Wildman–Crippen MR) is 126 cm³/mol. The molecule has 1 amide bonds. The number of rotatable bonds is 6. The molecule has 0 aliphatic carbocycles. The number of non-ortho nitro benzene ring substituents is 1. The average molecular weight is 449 g/mol. The normalized spacial score (nSPS) is 14.8. The number of ether oxygens (including phenoxy) is 1. The fourth-order valence-corrected chi connectivity index (χ4v) is 4.30. The van der Waals surface area contributed by atoms with E-state index in [9.17, 15) is 14.9 Å². The lowest BCUT2D eigenvalue weighted by molar-refractivity contribution is -0.384. The third-order valence-electron chi connectivity index (χ3n) is 4.51. The molecule has 6 nitrogen and oxygen atoms in total. The number of hydrogen-bond donors (Lipinski definition) is 0. The van der Waals surface area contributed by atoms with Crippen LogP contribution in [0.2, 0.25) is 0 Å². The summed E-state index contributed by atoms with van der Waals surface area (Å²) in [4.78, 5) is 25.3. The van der Waals surface area contributed by atoms with Crippen molar-refractivity contribution in [3.05, 3.63) is 105 Å². The molecule has 0 aromatic heterocycles. The molecule has 0 spiro atoms. The monoisotopic (exact) mass is 448 g/mol. The molecule has 0 radical (unpaired) electrons. The van der Waals surface area contributed by atoms with Gasteiger partial charge in [-0.1, -0.05) is 66.4 Å². The van der Waals surface area contributed by atoms with Gasteiger partial charge in [0.05, 0.1) is 15.5 Å². The van der Waals surface area contributed by atoms with Crippen LogP contribution in [0.4, 0.5) is 11.4 Å². The van der Waals surface area contributed by atoms with Gasteiger partial charge in [0.1, 0.15) is 12.4 Å². The van der Waals surface area contributed by atoms with E-state index in [0.717, 1.165) is 11.3 Å². The minimum atomic E-state index is -0.432. The molecular weight excluding hydrogens is 432 g/mol. The molecule has 1 saturated heterocycles. The second kappa shape index (κ2) is 9.11. The Morgan fingerprint density at radius 2 is 1.77 bits per heavy atom. The fourth-order valence-electron chi connectivity index (χ4n) is 3.01. The number of thiocarbonyl (C=S) groups is 1. The largest absolute Gasteiger partial charge is 0.489 e. The number of anilines is 1. The molecule has 3 aromatic carbocycles. The van der Waals surface area contributed by atoms with Gasteiger partial charge in [-0.15, -0.1) is 0 Å². The number of thioether (sulfide) groups is 1. The number of amides is 1. The molecule has 8 heteroatoms. The van der Waals surface area contributed by atoms with Gasteiger partial charge in [-0.25, -0.2) is 0 Å². The summed E-state index contributed by atoms with van der Waals surface area (Å²) >= 11 is 6.65. The first-order chi connectivity index (χ1) is 15.0. The topological polar surface area (TPSA) is 72.7 Å². The standard InChI is InChI=1S/C23H16N2O4S2/c26-22-21(31-23(30)24(22)18-6-2-1-3-7-18)14-16-9-11-20(12-10-16)29-15-17-5-4-8-19(13-17)25(27)28/h1-14H,15H2/b21-14+. The van der Waals surface area contributed by atoms with E-state index in [1.54, 1.807) is 30.3 Å². The van der Waals surface area contributed by atoms with Crippen LogP contribution in [0.1, 0.15) is 11.1 Å². The maximum Gasteiger partial charge on any atom is 0.270 e. The van der Waals surface area contributed by atoms with Crippen molar-refractivity contribution in [2.45, 2.75) is 6.61 Å². The number of nitro benzene ring substituents is 1. The van der Waals surface area contributed by atoms with Crippen molar-refractivity contribution in [2.75, 3.05) is 4.90 Å². The van der Waals surface area contributed by atoms with Gasteiger partial charge >= 0.3 is 0 Å². The second-order valence-corrected chi connectivity index (χ2v) is 8.31. The fraction of sp³-hybridized carbons (Fsp3) is 0.0435. The Labute approximate surface area is 188 Å². The summed E-state index contributed by atoms with van der Waals surface area (Å²) < 4.78 is 6.22. The summed E-state index contributed by atoms with van der Waals surface area (Å²) in [5.41, 5.74) is 2.33. The molecule has 1 aliphatic heterocycles. The van der Waals surface area contributed by atoms with Gasteiger partial charge in [0.2, 0.25) is 0 Å². The van der Waals surface area contributed by atoms with Crippen LogP contribution in [-0.2, 0) is 11.4 Å². The number of nitrogens with zero attached hydrogens (tertiary/aromatic N) is 2. The Morgan fingerprint density at radius 3 is 2.48 bits per heavy atom. The van der Waals surface area contributed by atoms with Crippen molar-refractivity contribution in [3.63, 3.8) is 0 Å². The maximum atomic E-state index is 12.8. The molecule has 3 aromatic rings. The van der Waals surface area contributed by atoms with Crippen LogP contribution in [0.3, 0.4) is 0 Å². The summed E-state index contributed by atoms with van der Waals surface area (Å²) in [7, 11) is 0. The van der Waals surface area contributed by atoms with Crippen molar-refractivity contribution in [1.29, 1.82) is 0 Å². The molecular formula is C23H16N2O4S2. The van der Waals surface area contributed by atoms with Gasteiger partial charge in [0.25, 0.3) is 11.6 Å². The van der Waals surface area contributed by atoms with E-state index in [1.807, 2.05) is 42.5 Å². The SMILES string of the molecule is O=C1/C(=C\c2ccc(OCc3cccc([N+](=O)[O-])c3)cc2)SC(=S)N1c1ccccc1. The molecule has 154 valence electrons. The van der Waals surface area contributed by atoms with E-state index in [0.29, 0.717) is 20.5 Å². The van der Waals surface area contributed by atoms with Crippen LogP contribution in [0.15, 0.2) is 83.8 Å². The van der Waals surface area contributed by atoms with Gasteiger partial charge in [-0.3, -0.25) is 19.8 Å². The molecule has 1 aliphatic rings. The minimum absolute atomic E-state index is 0.0317. The first-order valence-corrected chi connectivity index (χ1v) is 10.5. The Kier molecular flexibility index (Phi) is 6.11. The summed E-state index contributed by atoms with van der Waals surface area (Å²) in [6.45, 7) is 0.219. The highest BCUT2D eigenvalue weighted by atomic mass is 32.2. The highest BCUT2D eigenvalue weighted by Gasteiger charge is 2.33. The van der Waals surface area contributed by atoms with Crippen molar-refractivity contribution in [3.8, 4) is 5.75 Å². The summed E-state index contributed by atoms with van der Waals surface area (Å²) in [6.07, 6.45) is 1.80. The van der Waals surface area contributed by atoms with Gasteiger partial charge in [0, 0.05) is 12.1 Å². The lowest BCUT2D eigenvalue weighted by Crippen LogP contribution is -2.27. The number of nitro groups is 1. The first kappa shape index (κ1) is 20.8. The highest BCUT2D eigenvalue weighted by Crippen LogP contribution is 2.36. The lowest BCUT2D eigenvalue weighted by atomic mass is 10.2. The van der Waals surface area contributed by atoms with Gasteiger partial charge in [-0.2, -0.15) is 0 Å². The molecule has 0 bridgehead atoms. The third kappa shape index (κ3) is 4.82. The van der Waals surface area contributed by atoms with E-state index in [4.69, 9.17) is 17.0 Å². The van der Waals surface area contributed by atoms with Crippen LogP contribution in [0, 0.1) is 10.1 Å². The molecule has 0 saturated carbocycles. The second-order valence-electron chi connectivity index (χ2n) is 6.64. The minimum Gasteiger partial charge on any atom is -0.489 e. The van der Waals surface area contributed by atoms with Crippen LogP contribution in [-0.4, -0.2) is 15.2 Å². The van der Waals surface area contributed by atoms with Crippen LogP contribution in [0.5, 0.6) is 5.75 Å². The van der Waals surface area contributed by atoms with Gasteiger partial charge in [-0.05, 0) is 41.5 Å². The summed E-state index contributed by atoms with van der Waals surface area (Å²) in [5, 5.41) is 10.9. The zero-order chi connectivity index (χ0) is 21.8. The quantitative estimate of drug-likeness (QED) is 0.212. The van der Waals surface area contributed by atoms with Gasteiger partial charge in [0.15, 0.2) is 4.32 Å². The van der Waals surface area contributed by atoms with E-state index in [2.05, 4.69) is 0 Å². The smallest absolute Gasteiger partial charge is 0.270 e. The Hall–Kier alpha value is -3.49. The number of hydrogen-bond acceptors (Lipinski definition) is 6.